The van der Waals surface area contributed by atoms with Crippen molar-refractivity contribution in [2.24, 2.45) is 0 Å². The highest BCUT2D eigenvalue weighted by atomic mass is 16.6. The van der Waals surface area contributed by atoms with E-state index in [2.05, 4.69) is 130 Å². The molecule has 0 aliphatic carbocycles. The average Bonchev–Trinajstić information content (AvgIpc) is 3.44. The topological polar surface area (TPSA) is 78.9 Å². The first-order valence-electron chi connectivity index (χ1n) is 32.9. The molecule has 1 unspecified atom stereocenters. The summed E-state index contributed by atoms with van der Waals surface area (Å²) in [6, 6.07) is 0. The maximum atomic E-state index is 12.9. The molecule has 0 fully saturated rings. The molecule has 0 rings (SSSR count). The van der Waals surface area contributed by atoms with Crippen LogP contribution in [0.15, 0.2) is 109 Å². The van der Waals surface area contributed by atoms with E-state index in [1.807, 2.05) is 0 Å². The van der Waals surface area contributed by atoms with Crippen molar-refractivity contribution in [2.45, 2.75) is 316 Å². The first-order valence-corrected chi connectivity index (χ1v) is 32.9. The lowest BCUT2D eigenvalue weighted by atomic mass is 10.1. The highest BCUT2D eigenvalue weighted by molar-refractivity contribution is 5.71. The van der Waals surface area contributed by atoms with Crippen molar-refractivity contribution in [1.29, 1.82) is 0 Å². The van der Waals surface area contributed by atoms with Crippen LogP contribution in [0.3, 0.4) is 0 Å². The summed E-state index contributed by atoms with van der Waals surface area (Å²) < 4.78 is 16.9. The van der Waals surface area contributed by atoms with Crippen molar-refractivity contribution < 1.29 is 28.6 Å². The van der Waals surface area contributed by atoms with E-state index in [1.54, 1.807) is 0 Å². The minimum atomic E-state index is -0.784. The molecule has 0 aliphatic heterocycles. The molecule has 0 aromatic carbocycles. The number of esters is 3. The van der Waals surface area contributed by atoms with E-state index in [-0.39, 0.29) is 31.1 Å². The third-order valence-corrected chi connectivity index (χ3v) is 14.0. The van der Waals surface area contributed by atoms with Crippen LogP contribution >= 0.6 is 0 Å². The number of unbranched alkanes of at least 4 members (excludes halogenated alkanes) is 30. The van der Waals surface area contributed by atoms with Crippen molar-refractivity contribution in [3.8, 4) is 0 Å². The molecule has 0 aromatic rings. The van der Waals surface area contributed by atoms with Gasteiger partial charge in [0.2, 0.25) is 0 Å². The summed E-state index contributed by atoms with van der Waals surface area (Å²) in [7, 11) is 0. The van der Waals surface area contributed by atoms with Crippen LogP contribution in [0.25, 0.3) is 0 Å². The molecule has 0 N–H and O–H groups in total. The van der Waals surface area contributed by atoms with E-state index < -0.39 is 6.10 Å². The van der Waals surface area contributed by atoms with Gasteiger partial charge in [0.1, 0.15) is 13.2 Å². The Kier molecular flexibility index (Phi) is 62.3. The van der Waals surface area contributed by atoms with E-state index in [0.717, 1.165) is 122 Å². The molecule has 0 spiro atoms. The van der Waals surface area contributed by atoms with Gasteiger partial charge in [0.25, 0.3) is 0 Å². The Bertz CT molecular complexity index is 1570. The zero-order valence-electron chi connectivity index (χ0n) is 51.2. The van der Waals surface area contributed by atoms with Crippen molar-refractivity contribution in [1.82, 2.24) is 0 Å². The molecule has 78 heavy (non-hydrogen) atoms. The lowest BCUT2D eigenvalue weighted by Gasteiger charge is -2.18. The number of hydrogen-bond donors (Lipinski definition) is 0. The first-order chi connectivity index (χ1) is 38.5. The van der Waals surface area contributed by atoms with E-state index >= 15 is 0 Å². The Morgan fingerprint density at radius 3 is 0.795 bits per heavy atom. The number of carbonyl (C=O) groups is 3. The quantitative estimate of drug-likeness (QED) is 0.0261. The van der Waals surface area contributed by atoms with Gasteiger partial charge in [0.15, 0.2) is 6.10 Å². The van der Waals surface area contributed by atoms with Crippen molar-refractivity contribution >= 4 is 17.9 Å². The summed E-state index contributed by atoms with van der Waals surface area (Å²) >= 11 is 0. The Morgan fingerprint density at radius 2 is 0.500 bits per heavy atom. The summed E-state index contributed by atoms with van der Waals surface area (Å²) in [6.45, 7) is 6.50. The molecule has 0 saturated heterocycles. The highest BCUT2D eigenvalue weighted by Crippen LogP contribution is 2.16. The normalized spacial score (nSPS) is 12.8. The van der Waals surface area contributed by atoms with E-state index in [4.69, 9.17) is 14.2 Å². The van der Waals surface area contributed by atoms with Gasteiger partial charge in [-0.25, -0.2) is 0 Å². The van der Waals surface area contributed by atoms with Crippen LogP contribution in [0.1, 0.15) is 310 Å². The molecule has 446 valence electrons. The van der Waals surface area contributed by atoms with E-state index in [0.29, 0.717) is 19.3 Å². The van der Waals surface area contributed by atoms with Gasteiger partial charge in [0, 0.05) is 19.3 Å². The van der Waals surface area contributed by atoms with Gasteiger partial charge in [0.05, 0.1) is 0 Å². The largest absolute Gasteiger partial charge is 0.462 e. The molecule has 0 heterocycles. The van der Waals surface area contributed by atoms with Crippen LogP contribution in [0, 0.1) is 0 Å². The second-order valence-electron chi connectivity index (χ2n) is 21.6. The van der Waals surface area contributed by atoms with E-state index in [9.17, 15) is 14.4 Å². The minimum absolute atomic E-state index is 0.0819. The summed E-state index contributed by atoms with van der Waals surface area (Å²) in [4.78, 5) is 38.2. The van der Waals surface area contributed by atoms with Crippen molar-refractivity contribution in [3.63, 3.8) is 0 Å². The van der Waals surface area contributed by atoms with Crippen molar-refractivity contribution in [3.05, 3.63) is 109 Å². The molecule has 0 aromatic heterocycles. The number of allylic oxidation sites excluding steroid dienone is 18. The van der Waals surface area contributed by atoms with Crippen LogP contribution in [0.2, 0.25) is 0 Å². The van der Waals surface area contributed by atoms with Crippen molar-refractivity contribution in [2.75, 3.05) is 13.2 Å². The average molecular weight is 1080 g/mol. The molecular weight excluding hydrogens is 961 g/mol. The maximum Gasteiger partial charge on any atom is 0.306 e. The Labute approximate surface area is 482 Å². The Morgan fingerprint density at radius 1 is 0.269 bits per heavy atom. The molecular formula is C72H122O6. The van der Waals surface area contributed by atoms with Gasteiger partial charge < -0.3 is 14.2 Å². The molecule has 0 aliphatic rings. The van der Waals surface area contributed by atoms with Gasteiger partial charge in [-0.05, 0) is 109 Å². The van der Waals surface area contributed by atoms with Gasteiger partial charge in [-0.2, -0.15) is 0 Å². The second-order valence-corrected chi connectivity index (χ2v) is 21.6. The predicted molar refractivity (Wildman–Crippen MR) is 339 cm³/mol. The Balaban J connectivity index is 4.21. The van der Waals surface area contributed by atoms with E-state index in [1.165, 1.54) is 148 Å². The predicted octanol–water partition coefficient (Wildman–Crippen LogP) is 22.6. The summed E-state index contributed by atoms with van der Waals surface area (Å²) in [5.41, 5.74) is 0. The fourth-order valence-electron chi connectivity index (χ4n) is 9.10. The lowest BCUT2D eigenvalue weighted by Crippen LogP contribution is -2.30. The third-order valence-electron chi connectivity index (χ3n) is 14.0. The van der Waals surface area contributed by atoms with Crippen LogP contribution in [-0.2, 0) is 28.6 Å². The molecule has 6 nitrogen and oxygen atoms in total. The molecule has 6 heteroatoms. The van der Waals surface area contributed by atoms with Gasteiger partial charge >= 0.3 is 17.9 Å². The summed E-state index contributed by atoms with van der Waals surface area (Å²) in [5, 5.41) is 0. The molecule has 0 amide bonds. The maximum absolute atomic E-state index is 12.9. The standard InChI is InChI=1S/C72H122O6/c1-4-7-10-13-16-19-21-23-25-27-29-31-32-33-34-35-36-37-38-39-40-42-43-45-47-49-51-53-56-59-62-65-71(74)77-68-69(67-76-70(73)64-61-58-55-18-15-12-9-6-3)78-72(75)66-63-60-57-54-52-50-48-46-44-41-30-28-26-24-22-20-17-14-11-8-5-2/h7,10,16,19,23,25,28-31,33-34,36-37,39-40,43,45,69H,4-6,8-9,11-15,17-18,20-22,24,26-27,32,35,38,41-42,44,46-68H2,1-3H3/b10-7-,19-16-,25-23-,30-28-,31-29-,34-33-,37-36-,40-39-,45-43-. The fraction of sp³-hybridized carbons (Fsp3) is 0.708. The second kappa shape index (κ2) is 65.6. The lowest BCUT2D eigenvalue weighted by molar-refractivity contribution is -0.167. The fourth-order valence-corrected chi connectivity index (χ4v) is 9.10. The zero-order chi connectivity index (χ0) is 56.4. The first kappa shape index (κ1) is 74.1. The summed E-state index contributed by atoms with van der Waals surface area (Å²) in [6.07, 6.45) is 89.7. The van der Waals surface area contributed by atoms with Crippen LogP contribution in [0.4, 0.5) is 0 Å². The monoisotopic (exact) mass is 1080 g/mol. The summed E-state index contributed by atoms with van der Waals surface area (Å²) in [5.74, 6) is -0.896. The number of carbonyl (C=O) groups excluding carboxylic acids is 3. The molecule has 0 bridgehead atoms. The minimum Gasteiger partial charge on any atom is -0.462 e. The smallest absolute Gasteiger partial charge is 0.306 e. The van der Waals surface area contributed by atoms with Gasteiger partial charge in [-0.1, -0.05) is 291 Å². The van der Waals surface area contributed by atoms with Crippen LogP contribution in [-0.4, -0.2) is 37.2 Å². The molecule has 0 saturated carbocycles. The number of rotatable bonds is 59. The third kappa shape index (κ3) is 62.9. The number of ether oxygens (including phenoxy) is 3. The highest BCUT2D eigenvalue weighted by Gasteiger charge is 2.19. The Hall–Kier alpha value is -3.93. The zero-order valence-corrected chi connectivity index (χ0v) is 51.2. The van der Waals surface area contributed by atoms with Gasteiger partial charge in [-0.15, -0.1) is 0 Å². The van der Waals surface area contributed by atoms with Crippen LogP contribution < -0.4 is 0 Å². The van der Waals surface area contributed by atoms with Crippen LogP contribution in [0.5, 0.6) is 0 Å². The number of hydrogen-bond acceptors (Lipinski definition) is 6. The molecule has 1 atom stereocenters. The van der Waals surface area contributed by atoms with Gasteiger partial charge in [-0.3, -0.25) is 14.4 Å². The molecule has 0 radical (unpaired) electrons. The SMILES string of the molecule is CC/C=C\C/C=C\C/C=C\C/C=C\C/C=C\C/C=C\C/C=C\C/C=C\CCCCCCCCC(=O)OCC(COC(=O)CCCCCCCCCC)OC(=O)CCCCCCCCCCC/C=C\CCCCCCCCCC.